The Labute approximate surface area is 107 Å². The summed E-state index contributed by atoms with van der Waals surface area (Å²) >= 11 is 0. The van der Waals surface area contributed by atoms with Gasteiger partial charge in [-0.05, 0) is 32.6 Å². The largest absolute Gasteiger partial charge is 0.481 e. The van der Waals surface area contributed by atoms with Crippen molar-refractivity contribution >= 4 is 12.0 Å². The monoisotopic (exact) mass is 258 g/mol. The molecule has 1 rings (SSSR count). The van der Waals surface area contributed by atoms with Crippen LogP contribution in [0.25, 0.3) is 0 Å². The first-order chi connectivity index (χ1) is 8.45. The van der Waals surface area contributed by atoms with Gasteiger partial charge in [-0.2, -0.15) is 0 Å². The van der Waals surface area contributed by atoms with Crippen molar-refractivity contribution in [1.29, 1.82) is 0 Å². The van der Waals surface area contributed by atoms with E-state index in [-0.39, 0.29) is 30.6 Å². The Balaban J connectivity index is 2.36. The Morgan fingerprint density at radius 1 is 1.33 bits per heavy atom. The zero-order valence-corrected chi connectivity index (χ0v) is 10.9. The molecule has 1 aliphatic carbocycles. The predicted octanol–water partition coefficient (Wildman–Crippen LogP) is 0.652. The maximum atomic E-state index is 11.8. The van der Waals surface area contributed by atoms with E-state index >= 15 is 0 Å². The van der Waals surface area contributed by atoms with E-state index < -0.39 is 5.97 Å². The van der Waals surface area contributed by atoms with E-state index in [1.807, 2.05) is 0 Å². The van der Waals surface area contributed by atoms with Crippen molar-refractivity contribution in [3.63, 3.8) is 0 Å². The fourth-order valence-corrected chi connectivity index (χ4v) is 2.08. The number of carbonyl (C=O) groups excluding carboxylic acids is 1. The lowest BCUT2D eigenvalue weighted by Crippen LogP contribution is -2.48. The second-order valence-electron chi connectivity index (χ2n) is 4.98. The molecule has 0 saturated heterocycles. The van der Waals surface area contributed by atoms with Gasteiger partial charge in [0.1, 0.15) is 0 Å². The van der Waals surface area contributed by atoms with Crippen LogP contribution in [0, 0.1) is 5.92 Å². The number of carboxylic acid groups (broad SMARTS) is 1. The maximum Gasteiger partial charge on any atom is 0.317 e. The lowest BCUT2D eigenvalue weighted by Gasteiger charge is -2.30. The molecule has 104 valence electrons. The zero-order valence-electron chi connectivity index (χ0n) is 10.9. The molecule has 0 bridgehead atoms. The number of carboxylic acids is 1. The summed E-state index contributed by atoms with van der Waals surface area (Å²) in [5, 5.41) is 20.7. The van der Waals surface area contributed by atoms with Crippen LogP contribution in [-0.2, 0) is 4.79 Å². The van der Waals surface area contributed by atoms with Crippen LogP contribution in [0.1, 0.15) is 32.6 Å². The highest BCUT2D eigenvalue weighted by atomic mass is 16.4. The zero-order chi connectivity index (χ0) is 13.7. The molecule has 0 heterocycles. The number of carbonyl (C=O) groups is 2. The molecule has 1 saturated carbocycles. The van der Waals surface area contributed by atoms with Crippen molar-refractivity contribution < 1.29 is 19.8 Å². The molecular weight excluding hydrogens is 236 g/mol. The van der Waals surface area contributed by atoms with E-state index in [0.29, 0.717) is 25.7 Å². The highest BCUT2D eigenvalue weighted by Gasteiger charge is 2.27. The summed E-state index contributed by atoms with van der Waals surface area (Å²) in [6, 6.07) is -0.392. The topological polar surface area (TPSA) is 89.9 Å². The van der Waals surface area contributed by atoms with Crippen LogP contribution in [0.3, 0.4) is 0 Å². The van der Waals surface area contributed by atoms with Crippen LogP contribution in [-0.4, -0.2) is 52.9 Å². The molecule has 0 radical (unpaired) electrons. The number of hydrogen-bond acceptors (Lipinski definition) is 3. The first-order valence-electron chi connectivity index (χ1n) is 6.32. The van der Waals surface area contributed by atoms with Crippen LogP contribution in [0.15, 0.2) is 0 Å². The second-order valence-corrected chi connectivity index (χ2v) is 4.98. The van der Waals surface area contributed by atoms with Crippen molar-refractivity contribution in [2.24, 2.45) is 5.92 Å². The molecule has 3 N–H and O–H groups in total. The van der Waals surface area contributed by atoms with Crippen molar-refractivity contribution in [3.8, 4) is 0 Å². The first-order valence-corrected chi connectivity index (χ1v) is 6.32. The summed E-state index contributed by atoms with van der Waals surface area (Å²) in [6.45, 7) is 1.69. The van der Waals surface area contributed by atoms with Gasteiger partial charge in [-0.15, -0.1) is 0 Å². The van der Waals surface area contributed by atoms with Gasteiger partial charge in [0, 0.05) is 13.1 Å². The minimum absolute atomic E-state index is 0.0430. The number of rotatable bonds is 4. The summed E-state index contributed by atoms with van der Waals surface area (Å²) in [4.78, 5) is 24.1. The van der Waals surface area contributed by atoms with Gasteiger partial charge in [-0.25, -0.2) is 4.79 Å². The van der Waals surface area contributed by atoms with Gasteiger partial charge in [-0.3, -0.25) is 4.79 Å². The fourth-order valence-electron chi connectivity index (χ4n) is 2.08. The van der Waals surface area contributed by atoms with Gasteiger partial charge in [0.05, 0.1) is 18.6 Å². The lowest BCUT2D eigenvalue weighted by atomic mass is 9.86. The Bertz CT molecular complexity index is 300. The van der Waals surface area contributed by atoms with Crippen molar-refractivity contribution in [1.82, 2.24) is 10.2 Å². The smallest absolute Gasteiger partial charge is 0.317 e. The molecular formula is C12H22N2O4. The number of amides is 2. The first kappa shape index (κ1) is 14.8. The molecule has 1 aliphatic rings. The van der Waals surface area contributed by atoms with E-state index in [9.17, 15) is 9.59 Å². The molecule has 18 heavy (non-hydrogen) atoms. The lowest BCUT2D eigenvalue weighted by molar-refractivity contribution is -0.142. The van der Waals surface area contributed by atoms with Crippen LogP contribution < -0.4 is 5.32 Å². The number of aliphatic hydroxyl groups excluding tert-OH is 1. The van der Waals surface area contributed by atoms with E-state index in [0.717, 1.165) is 0 Å². The number of aliphatic hydroxyl groups is 1. The van der Waals surface area contributed by atoms with E-state index in [2.05, 4.69) is 5.32 Å². The summed E-state index contributed by atoms with van der Waals surface area (Å²) < 4.78 is 0. The van der Waals surface area contributed by atoms with Gasteiger partial charge < -0.3 is 20.4 Å². The fraction of sp³-hybridized carbons (Fsp3) is 0.833. The number of likely N-dealkylation sites (N-methyl/N-ethyl adjacent to an activating group) is 1. The Morgan fingerprint density at radius 2 is 1.89 bits per heavy atom. The third kappa shape index (κ3) is 3.87. The van der Waals surface area contributed by atoms with E-state index in [4.69, 9.17) is 10.2 Å². The summed E-state index contributed by atoms with van der Waals surface area (Å²) in [6.07, 6.45) is 2.62. The molecule has 1 atom stereocenters. The molecule has 1 unspecified atom stereocenters. The maximum absolute atomic E-state index is 11.8. The average Bonchev–Trinajstić information content (AvgIpc) is 2.37. The summed E-state index contributed by atoms with van der Waals surface area (Å²) in [7, 11) is 1.64. The van der Waals surface area contributed by atoms with Crippen LogP contribution >= 0.6 is 0 Å². The predicted molar refractivity (Wildman–Crippen MR) is 66.2 cm³/mol. The van der Waals surface area contributed by atoms with E-state index in [1.165, 1.54) is 4.90 Å². The number of hydrogen-bond donors (Lipinski definition) is 3. The van der Waals surface area contributed by atoms with Crippen LogP contribution in [0.2, 0.25) is 0 Å². The van der Waals surface area contributed by atoms with Crippen molar-refractivity contribution in [3.05, 3.63) is 0 Å². The molecule has 0 spiro atoms. The number of nitrogens with zero attached hydrogens (tertiary/aromatic N) is 1. The highest BCUT2D eigenvalue weighted by molar-refractivity contribution is 5.74. The molecule has 0 aromatic heterocycles. The SMILES string of the molecule is CC(CO)N(C)C(=O)NC1CCC(C(=O)O)CC1. The van der Waals surface area contributed by atoms with Gasteiger partial charge in [0.15, 0.2) is 0 Å². The van der Waals surface area contributed by atoms with Crippen molar-refractivity contribution in [2.45, 2.75) is 44.7 Å². The molecule has 0 aliphatic heterocycles. The van der Waals surface area contributed by atoms with Gasteiger partial charge in [0.2, 0.25) is 0 Å². The second kappa shape index (κ2) is 6.58. The minimum atomic E-state index is -0.745. The molecule has 6 nitrogen and oxygen atoms in total. The third-order valence-corrected chi connectivity index (χ3v) is 3.65. The average molecular weight is 258 g/mol. The number of urea groups is 1. The Kier molecular flexibility index (Phi) is 5.40. The quantitative estimate of drug-likeness (QED) is 0.690. The molecule has 0 aromatic rings. The Morgan fingerprint density at radius 3 is 2.33 bits per heavy atom. The number of nitrogens with one attached hydrogen (secondary N) is 1. The van der Waals surface area contributed by atoms with Crippen LogP contribution in [0.4, 0.5) is 4.79 Å². The van der Waals surface area contributed by atoms with Crippen LogP contribution in [0.5, 0.6) is 0 Å². The third-order valence-electron chi connectivity index (χ3n) is 3.65. The molecule has 1 fully saturated rings. The van der Waals surface area contributed by atoms with Gasteiger partial charge in [-0.1, -0.05) is 0 Å². The summed E-state index contributed by atoms with van der Waals surface area (Å²) in [5.41, 5.74) is 0. The van der Waals surface area contributed by atoms with E-state index in [1.54, 1.807) is 14.0 Å². The number of aliphatic carboxylic acids is 1. The summed E-state index contributed by atoms with van der Waals surface area (Å²) in [5.74, 6) is -1.02. The molecule has 6 heteroatoms. The normalized spacial score (nSPS) is 25.3. The molecule has 0 aromatic carbocycles. The minimum Gasteiger partial charge on any atom is -0.481 e. The van der Waals surface area contributed by atoms with Gasteiger partial charge >= 0.3 is 12.0 Å². The highest BCUT2D eigenvalue weighted by Crippen LogP contribution is 2.24. The van der Waals surface area contributed by atoms with Gasteiger partial charge in [0.25, 0.3) is 0 Å². The standard InChI is InChI=1S/C12H22N2O4/c1-8(7-15)14(2)12(18)13-10-5-3-9(4-6-10)11(16)17/h8-10,15H,3-7H2,1-2H3,(H,13,18)(H,16,17). The Hall–Kier alpha value is -1.30. The van der Waals surface area contributed by atoms with Crippen molar-refractivity contribution in [2.75, 3.05) is 13.7 Å². The molecule has 2 amide bonds.